The van der Waals surface area contributed by atoms with Crippen LogP contribution in [-0.2, 0) is 4.74 Å². The van der Waals surface area contributed by atoms with E-state index in [0.717, 1.165) is 5.03 Å². The normalized spacial score (nSPS) is 30.2. The van der Waals surface area contributed by atoms with Crippen molar-refractivity contribution in [2.75, 3.05) is 12.9 Å². The molecule has 3 N–H and O–H groups in total. The van der Waals surface area contributed by atoms with Crippen LogP contribution in [-0.4, -0.2) is 66.0 Å². The average molecular weight is 298 g/mol. The lowest BCUT2D eigenvalue weighted by Gasteiger charge is -2.16. The molecule has 0 amide bonds. The van der Waals surface area contributed by atoms with Gasteiger partial charge in [-0.15, -0.1) is 11.8 Å². The van der Waals surface area contributed by atoms with E-state index in [4.69, 9.17) is 9.84 Å². The third kappa shape index (κ3) is 1.98. The average Bonchev–Trinajstić information content (AvgIpc) is 3.01. The number of nitrogens with zero attached hydrogens (tertiary/aromatic N) is 4. The number of hydrogen-bond acceptors (Lipinski definition) is 8. The molecule has 0 spiro atoms. The SMILES string of the molecule is CSc1ncnc2c1ncn2[C@@H]1O[C@H](CO)C(O)[C@@H]1O. The number of aliphatic hydroxyl groups is 3. The second-order valence-electron chi connectivity index (χ2n) is 4.44. The van der Waals surface area contributed by atoms with Crippen molar-refractivity contribution in [2.24, 2.45) is 0 Å². The van der Waals surface area contributed by atoms with Crippen LogP contribution in [0.2, 0.25) is 0 Å². The third-order valence-corrected chi connectivity index (χ3v) is 4.00. The van der Waals surface area contributed by atoms with E-state index < -0.39 is 24.5 Å². The molecule has 0 aromatic carbocycles. The summed E-state index contributed by atoms with van der Waals surface area (Å²) >= 11 is 1.44. The molecule has 3 rings (SSSR count). The van der Waals surface area contributed by atoms with E-state index in [2.05, 4.69) is 15.0 Å². The number of imidazole rings is 1. The quantitative estimate of drug-likeness (QED) is 0.496. The minimum absolute atomic E-state index is 0.369. The fourth-order valence-electron chi connectivity index (χ4n) is 2.28. The summed E-state index contributed by atoms with van der Waals surface area (Å²) in [6.45, 7) is -0.369. The molecule has 0 radical (unpaired) electrons. The predicted octanol–water partition coefficient (Wildman–Crippen LogP) is -0.840. The Balaban J connectivity index is 2.03. The van der Waals surface area contributed by atoms with Gasteiger partial charge < -0.3 is 20.1 Å². The van der Waals surface area contributed by atoms with Crippen LogP contribution < -0.4 is 0 Å². The second kappa shape index (κ2) is 5.26. The van der Waals surface area contributed by atoms with Crippen molar-refractivity contribution in [3.8, 4) is 0 Å². The summed E-state index contributed by atoms with van der Waals surface area (Å²) in [7, 11) is 0. The molecule has 4 atom stereocenters. The Kier molecular flexibility index (Phi) is 3.61. The molecule has 3 heterocycles. The maximum absolute atomic E-state index is 10.0. The summed E-state index contributed by atoms with van der Waals surface area (Å²) in [6.07, 6.45) is 0.813. The highest BCUT2D eigenvalue weighted by molar-refractivity contribution is 7.98. The van der Waals surface area contributed by atoms with Gasteiger partial charge in [-0.05, 0) is 6.26 Å². The number of thioether (sulfide) groups is 1. The van der Waals surface area contributed by atoms with E-state index >= 15 is 0 Å². The lowest BCUT2D eigenvalue weighted by molar-refractivity contribution is -0.0511. The molecule has 2 aromatic rings. The number of aromatic nitrogens is 4. The Morgan fingerprint density at radius 1 is 1.30 bits per heavy atom. The van der Waals surface area contributed by atoms with Crippen LogP contribution in [0.4, 0.5) is 0 Å². The summed E-state index contributed by atoms with van der Waals surface area (Å²) < 4.78 is 7.01. The fourth-order valence-corrected chi connectivity index (χ4v) is 2.77. The van der Waals surface area contributed by atoms with Gasteiger partial charge in [0.2, 0.25) is 0 Å². The summed E-state index contributed by atoms with van der Waals surface area (Å²) in [6, 6.07) is 0. The number of hydrogen-bond donors (Lipinski definition) is 3. The maximum atomic E-state index is 10.0. The Hall–Kier alpha value is -1.26. The molecule has 1 unspecified atom stereocenters. The van der Waals surface area contributed by atoms with Crippen molar-refractivity contribution in [3.05, 3.63) is 12.7 Å². The van der Waals surface area contributed by atoms with Gasteiger partial charge in [-0.1, -0.05) is 0 Å². The molecule has 20 heavy (non-hydrogen) atoms. The summed E-state index contributed by atoms with van der Waals surface area (Å²) in [4.78, 5) is 12.5. The smallest absolute Gasteiger partial charge is 0.166 e. The molecule has 0 aliphatic carbocycles. The molecule has 1 fully saturated rings. The van der Waals surface area contributed by atoms with Crippen molar-refractivity contribution >= 4 is 22.9 Å². The minimum Gasteiger partial charge on any atom is -0.394 e. The molecule has 1 saturated heterocycles. The van der Waals surface area contributed by atoms with Crippen molar-refractivity contribution in [2.45, 2.75) is 29.6 Å². The zero-order chi connectivity index (χ0) is 14.3. The minimum atomic E-state index is -1.16. The van der Waals surface area contributed by atoms with E-state index in [1.807, 2.05) is 6.26 Å². The van der Waals surface area contributed by atoms with Gasteiger partial charge in [0, 0.05) is 0 Å². The van der Waals surface area contributed by atoms with E-state index in [1.165, 1.54) is 24.4 Å². The van der Waals surface area contributed by atoms with Crippen LogP contribution in [0.5, 0.6) is 0 Å². The maximum Gasteiger partial charge on any atom is 0.166 e. The van der Waals surface area contributed by atoms with Crippen LogP contribution in [0.25, 0.3) is 11.2 Å². The number of fused-ring (bicyclic) bond motifs is 1. The van der Waals surface area contributed by atoms with Gasteiger partial charge in [0.15, 0.2) is 11.9 Å². The van der Waals surface area contributed by atoms with Crippen LogP contribution in [0.1, 0.15) is 6.23 Å². The first-order valence-corrected chi connectivity index (χ1v) is 7.23. The standard InChI is InChI=1S/C11H14N4O4S/c1-20-10-6-9(12-3-13-10)15(4-14-6)11-8(18)7(17)5(2-16)19-11/h3-5,7-8,11,16-18H,2H2,1H3/t5-,7?,8+,11-/m1/s1. The first-order chi connectivity index (χ1) is 9.67. The van der Waals surface area contributed by atoms with Crippen molar-refractivity contribution in [1.82, 2.24) is 19.5 Å². The molecule has 0 saturated carbocycles. The highest BCUT2D eigenvalue weighted by Crippen LogP contribution is 2.32. The summed E-state index contributed by atoms with van der Waals surface area (Å²) in [5.74, 6) is 0. The highest BCUT2D eigenvalue weighted by atomic mass is 32.2. The zero-order valence-electron chi connectivity index (χ0n) is 10.6. The van der Waals surface area contributed by atoms with Crippen molar-refractivity contribution < 1.29 is 20.1 Å². The molecule has 1 aliphatic heterocycles. The molecule has 0 bridgehead atoms. The van der Waals surface area contributed by atoms with Crippen molar-refractivity contribution in [3.63, 3.8) is 0 Å². The van der Waals surface area contributed by atoms with Gasteiger partial charge in [0.1, 0.15) is 35.2 Å². The van der Waals surface area contributed by atoms with Gasteiger partial charge in [0.25, 0.3) is 0 Å². The molecular formula is C11H14N4O4S. The van der Waals surface area contributed by atoms with E-state index in [9.17, 15) is 10.2 Å². The van der Waals surface area contributed by atoms with Crippen LogP contribution in [0.15, 0.2) is 17.7 Å². The van der Waals surface area contributed by atoms with E-state index in [1.54, 1.807) is 4.57 Å². The number of aliphatic hydroxyl groups excluding tert-OH is 3. The highest BCUT2D eigenvalue weighted by Gasteiger charge is 2.43. The summed E-state index contributed by atoms with van der Waals surface area (Å²) in [5, 5.41) is 29.7. The fraction of sp³-hybridized carbons (Fsp3) is 0.545. The van der Waals surface area contributed by atoms with Gasteiger partial charge in [-0.3, -0.25) is 4.57 Å². The predicted molar refractivity (Wildman–Crippen MR) is 70.1 cm³/mol. The number of ether oxygens (including phenoxy) is 1. The molecule has 1 aliphatic rings. The van der Waals surface area contributed by atoms with Crippen LogP contribution >= 0.6 is 11.8 Å². The zero-order valence-corrected chi connectivity index (χ0v) is 11.4. The topological polar surface area (TPSA) is 114 Å². The first-order valence-electron chi connectivity index (χ1n) is 6.01. The lowest BCUT2D eigenvalue weighted by Crippen LogP contribution is -2.33. The largest absolute Gasteiger partial charge is 0.394 e. The van der Waals surface area contributed by atoms with E-state index in [-0.39, 0.29) is 6.61 Å². The monoisotopic (exact) mass is 298 g/mol. The lowest BCUT2D eigenvalue weighted by atomic mass is 10.1. The molecule has 2 aromatic heterocycles. The van der Waals surface area contributed by atoms with E-state index in [0.29, 0.717) is 11.2 Å². The van der Waals surface area contributed by atoms with Gasteiger partial charge >= 0.3 is 0 Å². The van der Waals surface area contributed by atoms with Gasteiger partial charge in [-0.25, -0.2) is 15.0 Å². The second-order valence-corrected chi connectivity index (χ2v) is 5.23. The Morgan fingerprint density at radius 2 is 2.10 bits per heavy atom. The van der Waals surface area contributed by atoms with Crippen LogP contribution in [0.3, 0.4) is 0 Å². The molecule has 9 heteroatoms. The summed E-state index contributed by atoms with van der Waals surface area (Å²) in [5.41, 5.74) is 1.12. The Labute approximate surface area is 118 Å². The third-order valence-electron chi connectivity index (χ3n) is 3.31. The Bertz CT molecular complexity index is 621. The first kappa shape index (κ1) is 13.7. The van der Waals surface area contributed by atoms with Crippen LogP contribution in [0, 0.1) is 0 Å². The molecule has 8 nitrogen and oxygen atoms in total. The number of rotatable bonds is 3. The van der Waals surface area contributed by atoms with Crippen molar-refractivity contribution in [1.29, 1.82) is 0 Å². The van der Waals surface area contributed by atoms with Gasteiger partial charge in [-0.2, -0.15) is 0 Å². The van der Waals surface area contributed by atoms with Gasteiger partial charge in [0.05, 0.1) is 12.9 Å². The Morgan fingerprint density at radius 3 is 2.75 bits per heavy atom. The molecular weight excluding hydrogens is 284 g/mol. The molecule has 108 valence electrons.